The van der Waals surface area contributed by atoms with Crippen LogP contribution in [-0.2, 0) is 23.1 Å². The maximum absolute atomic E-state index is 13.0. The van der Waals surface area contributed by atoms with E-state index in [0.29, 0.717) is 12.0 Å². The predicted octanol–water partition coefficient (Wildman–Crippen LogP) is 2.34. The molecule has 0 saturated heterocycles. The molecular formula is C19H24FN3O3. The van der Waals surface area contributed by atoms with Crippen molar-refractivity contribution in [2.24, 2.45) is 13.0 Å². The lowest BCUT2D eigenvalue weighted by atomic mass is 9.97. The number of nitrogens with one attached hydrogen (secondary N) is 1. The van der Waals surface area contributed by atoms with Gasteiger partial charge in [-0.3, -0.25) is 14.3 Å². The molecule has 1 aromatic heterocycles. The maximum Gasteiger partial charge on any atom is 0.312 e. The molecule has 0 aliphatic heterocycles. The van der Waals surface area contributed by atoms with Crippen LogP contribution in [0.1, 0.15) is 35.4 Å². The van der Waals surface area contributed by atoms with Crippen molar-refractivity contribution in [2.75, 3.05) is 6.54 Å². The molecule has 0 radical (unpaired) electrons. The molecule has 0 fully saturated rings. The highest BCUT2D eigenvalue weighted by atomic mass is 19.1. The Hall–Kier alpha value is -2.70. The molecule has 140 valence electrons. The second kappa shape index (κ2) is 8.12. The summed E-state index contributed by atoms with van der Waals surface area (Å²) in [6.07, 6.45) is 0.533. The normalized spacial score (nSPS) is 13.3. The highest BCUT2D eigenvalue weighted by molar-refractivity contribution is 5.81. The molecule has 1 amide bonds. The van der Waals surface area contributed by atoms with E-state index in [-0.39, 0.29) is 18.4 Å². The van der Waals surface area contributed by atoms with Gasteiger partial charge in [-0.25, -0.2) is 4.39 Å². The molecule has 2 atom stereocenters. The summed E-state index contributed by atoms with van der Waals surface area (Å²) >= 11 is 0. The van der Waals surface area contributed by atoms with Gasteiger partial charge in [0.25, 0.3) is 0 Å². The summed E-state index contributed by atoms with van der Waals surface area (Å²) in [5.74, 6) is -2.96. The molecule has 7 heteroatoms. The van der Waals surface area contributed by atoms with E-state index < -0.39 is 17.7 Å². The highest BCUT2D eigenvalue weighted by Gasteiger charge is 2.23. The lowest BCUT2D eigenvalue weighted by molar-refractivity contribution is -0.138. The van der Waals surface area contributed by atoms with Crippen LogP contribution in [0, 0.1) is 25.6 Å². The number of carbonyl (C=O) groups excluding carboxylic acids is 1. The van der Waals surface area contributed by atoms with Crippen LogP contribution in [0.4, 0.5) is 4.39 Å². The number of halogens is 1. The fourth-order valence-electron chi connectivity index (χ4n) is 2.93. The Morgan fingerprint density at radius 1 is 1.27 bits per heavy atom. The molecule has 26 heavy (non-hydrogen) atoms. The zero-order chi connectivity index (χ0) is 19.4. The summed E-state index contributed by atoms with van der Waals surface area (Å²) in [4.78, 5) is 23.9. The fraction of sp³-hybridized carbons (Fsp3) is 0.421. The molecule has 6 nitrogen and oxygen atoms in total. The quantitative estimate of drug-likeness (QED) is 0.793. The first kappa shape index (κ1) is 19.6. The summed E-state index contributed by atoms with van der Waals surface area (Å²) in [6, 6.07) is 5.27. The molecule has 0 spiro atoms. The summed E-state index contributed by atoms with van der Waals surface area (Å²) in [5.41, 5.74) is 3.38. The summed E-state index contributed by atoms with van der Waals surface area (Å²) in [7, 11) is 1.86. The number of carboxylic acids is 1. The van der Waals surface area contributed by atoms with Crippen molar-refractivity contribution in [3.8, 4) is 0 Å². The number of carboxylic acid groups (broad SMARTS) is 1. The fourth-order valence-corrected chi connectivity index (χ4v) is 2.93. The van der Waals surface area contributed by atoms with Crippen LogP contribution in [0.5, 0.6) is 0 Å². The third-order valence-electron chi connectivity index (χ3n) is 4.67. The van der Waals surface area contributed by atoms with Crippen molar-refractivity contribution in [1.29, 1.82) is 0 Å². The van der Waals surface area contributed by atoms with Gasteiger partial charge in [-0.1, -0.05) is 19.1 Å². The largest absolute Gasteiger partial charge is 0.481 e. The molecular weight excluding hydrogens is 337 g/mol. The van der Waals surface area contributed by atoms with E-state index in [2.05, 4.69) is 10.4 Å². The van der Waals surface area contributed by atoms with Crippen LogP contribution in [0.3, 0.4) is 0 Å². The minimum atomic E-state index is -1.07. The van der Waals surface area contributed by atoms with Crippen molar-refractivity contribution in [3.63, 3.8) is 0 Å². The van der Waals surface area contributed by atoms with Crippen LogP contribution in [-0.4, -0.2) is 33.3 Å². The Kier molecular flexibility index (Phi) is 6.13. The monoisotopic (exact) mass is 361 g/mol. The molecule has 0 aliphatic carbocycles. The lowest BCUT2D eigenvalue weighted by Gasteiger charge is -2.17. The molecule has 0 aliphatic rings. The Morgan fingerprint density at radius 2 is 1.88 bits per heavy atom. The number of nitrogens with zero attached hydrogens (tertiary/aromatic N) is 2. The smallest absolute Gasteiger partial charge is 0.312 e. The van der Waals surface area contributed by atoms with Crippen LogP contribution in [0.2, 0.25) is 0 Å². The second-order valence-electron chi connectivity index (χ2n) is 6.57. The van der Waals surface area contributed by atoms with E-state index in [0.717, 1.165) is 17.0 Å². The molecule has 2 N–H and O–H groups in total. The van der Waals surface area contributed by atoms with Crippen molar-refractivity contribution >= 4 is 11.9 Å². The number of aromatic nitrogens is 2. The van der Waals surface area contributed by atoms with Crippen molar-refractivity contribution in [1.82, 2.24) is 15.1 Å². The Morgan fingerprint density at radius 3 is 2.38 bits per heavy atom. The summed E-state index contributed by atoms with van der Waals surface area (Å²) in [5, 5.41) is 16.4. The van der Waals surface area contributed by atoms with E-state index in [1.165, 1.54) is 24.3 Å². The summed E-state index contributed by atoms with van der Waals surface area (Å²) in [6.45, 7) is 5.61. The highest BCUT2D eigenvalue weighted by Crippen LogP contribution is 2.19. The Balaban J connectivity index is 2.01. The van der Waals surface area contributed by atoms with Gasteiger partial charge in [-0.15, -0.1) is 0 Å². The van der Waals surface area contributed by atoms with Crippen LogP contribution >= 0.6 is 0 Å². The molecule has 1 heterocycles. The van der Waals surface area contributed by atoms with Gasteiger partial charge >= 0.3 is 5.97 Å². The van der Waals surface area contributed by atoms with Crippen LogP contribution < -0.4 is 5.32 Å². The van der Waals surface area contributed by atoms with Gasteiger partial charge in [0, 0.05) is 25.2 Å². The minimum Gasteiger partial charge on any atom is -0.481 e. The van der Waals surface area contributed by atoms with E-state index in [9.17, 15) is 19.1 Å². The standard InChI is InChI=1S/C19H24FN3O3/c1-11(9-16-12(2)22-23(4)13(16)3)18(24)21-10-17(19(25)26)14-5-7-15(20)8-6-14/h5-8,11,17H,9-10H2,1-4H3,(H,21,24)(H,25,26). The van der Waals surface area contributed by atoms with Gasteiger partial charge in [0.2, 0.25) is 5.91 Å². The number of benzene rings is 1. The zero-order valence-corrected chi connectivity index (χ0v) is 15.4. The predicted molar refractivity (Wildman–Crippen MR) is 95.3 cm³/mol. The van der Waals surface area contributed by atoms with Crippen LogP contribution in [0.15, 0.2) is 24.3 Å². The first-order valence-corrected chi connectivity index (χ1v) is 8.45. The van der Waals surface area contributed by atoms with Gasteiger partial charge in [0.1, 0.15) is 5.82 Å². The van der Waals surface area contributed by atoms with Crippen molar-refractivity contribution in [2.45, 2.75) is 33.1 Å². The first-order chi connectivity index (χ1) is 12.2. The number of rotatable bonds is 7. The third-order valence-corrected chi connectivity index (χ3v) is 4.67. The molecule has 2 rings (SSSR count). The average molecular weight is 361 g/mol. The van der Waals surface area contributed by atoms with Crippen molar-refractivity contribution in [3.05, 3.63) is 52.6 Å². The molecule has 0 bridgehead atoms. The van der Waals surface area contributed by atoms with Gasteiger partial charge < -0.3 is 10.4 Å². The topological polar surface area (TPSA) is 84.2 Å². The van der Waals surface area contributed by atoms with Gasteiger partial charge in [-0.2, -0.15) is 5.10 Å². The zero-order valence-electron chi connectivity index (χ0n) is 15.4. The van der Waals surface area contributed by atoms with E-state index in [1.54, 1.807) is 11.6 Å². The molecule has 0 saturated carbocycles. The molecule has 2 unspecified atom stereocenters. The maximum atomic E-state index is 13.0. The van der Waals surface area contributed by atoms with Crippen LogP contribution in [0.25, 0.3) is 0 Å². The Bertz CT molecular complexity index is 799. The number of carbonyl (C=O) groups is 2. The number of hydrogen-bond donors (Lipinski definition) is 2. The van der Waals surface area contributed by atoms with E-state index in [4.69, 9.17) is 0 Å². The third kappa shape index (κ3) is 4.47. The number of aryl methyl sites for hydroxylation is 2. The SMILES string of the molecule is Cc1nn(C)c(C)c1CC(C)C(=O)NCC(C(=O)O)c1ccc(F)cc1. The van der Waals surface area contributed by atoms with Crippen molar-refractivity contribution < 1.29 is 19.1 Å². The number of amides is 1. The minimum absolute atomic E-state index is 0.0465. The van der Waals surface area contributed by atoms with E-state index >= 15 is 0 Å². The number of aliphatic carboxylic acids is 1. The molecule has 2 aromatic rings. The lowest BCUT2D eigenvalue weighted by Crippen LogP contribution is -2.35. The first-order valence-electron chi connectivity index (χ1n) is 8.45. The van der Waals surface area contributed by atoms with E-state index in [1.807, 2.05) is 20.9 Å². The number of hydrogen-bond acceptors (Lipinski definition) is 3. The summed E-state index contributed by atoms with van der Waals surface area (Å²) < 4.78 is 14.8. The molecule has 1 aromatic carbocycles. The van der Waals surface area contributed by atoms with Gasteiger partial charge in [0.05, 0.1) is 11.6 Å². The Labute approximate surface area is 152 Å². The second-order valence-corrected chi connectivity index (χ2v) is 6.57. The van der Waals surface area contributed by atoms with Gasteiger partial charge in [-0.05, 0) is 43.5 Å². The average Bonchev–Trinajstić information content (AvgIpc) is 2.82. The van der Waals surface area contributed by atoms with Gasteiger partial charge in [0.15, 0.2) is 0 Å².